The van der Waals surface area contributed by atoms with Crippen molar-refractivity contribution in [3.63, 3.8) is 0 Å². The van der Waals surface area contributed by atoms with E-state index in [0.29, 0.717) is 18.8 Å². The molecule has 0 spiro atoms. The Hall–Kier alpha value is -1.60. The van der Waals surface area contributed by atoms with E-state index < -0.39 is 16.1 Å². The Balaban J connectivity index is 1.96. The van der Waals surface area contributed by atoms with Gasteiger partial charge in [-0.3, -0.25) is 4.79 Å². The molecule has 6 nitrogen and oxygen atoms in total. The van der Waals surface area contributed by atoms with Gasteiger partial charge in [-0.25, -0.2) is 8.42 Å². The molecular weight excluding hydrogens is 352 g/mol. The second-order valence-corrected chi connectivity index (χ2v) is 8.60. The van der Waals surface area contributed by atoms with Crippen molar-refractivity contribution < 1.29 is 17.9 Å². The topological polar surface area (TPSA) is 75.7 Å². The third kappa shape index (κ3) is 5.20. The Bertz CT molecular complexity index is 678. The highest BCUT2D eigenvalue weighted by Gasteiger charge is 2.23. The van der Waals surface area contributed by atoms with Crippen molar-refractivity contribution in [3.05, 3.63) is 24.3 Å². The van der Waals surface area contributed by atoms with Gasteiger partial charge in [-0.2, -0.15) is 4.31 Å². The Morgan fingerprint density at radius 2 is 1.73 bits per heavy atom. The van der Waals surface area contributed by atoms with E-state index in [0.717, 1.165) is 25.7 Å². The van der Waals surface area contributed by atoms with Gasteiger partial charge in [-0.05, 0) is 44.0 Å². The van der Waals surface area contributed by atoms with Crippen LogP contribution >= 0.6 is 0 Å². The van der Waals surface area contributed by atoms with E-state index >= 15 is 0 Å². The minimum atomic E-state index is -3.48. The molecule has 1 aromatic rings. The van der Waals surface area contributed by atoms with Crippen LogP contribution in [0.5, 0.6) is 5.75 Å². The second kappa shape index (κ2) is 9.37. The predicted molar refractivity (Wildman–Crippen MR) is 102 cm³/mol. The number of nitrogens with one attached hydrogen (secondary N) is 1. The van der Waals surface area contributed by atoms with Crippen molar-refractivity contribution in [3.8, 4) is 5.75 Å². The molecule has 0 saturated heterocycles. The van der Waals surface area contributed by atoms with Gasteiger partial charge in [0.05, 0.1) is 4.90 Å². The Labute approximate surface area is 157 Å². The Kier molecular flexibility index (Phi) is 7.46. The molecular formula is C19H30N2O4S. The van der Waals surface area contributed by atoms with Gasteiger partial charge >= 0.3 is 0 Å². The summed E-state index contributed by atoms with van der Waals surface area (Å²) in [5.74, 6) is 0.353. The molecule has 1 aliphatic carbocycles. The number of hydrogen-bond acceptors (Lipinski definition) is 4. The van der Waals surface area contributed by atoms with E-state index in [9.17, 15) is 13.2 Å². The number of sulfonamides is 1. The van der Waals surface area contributed by atoms with Crippen molar-refractivity contribution in [2.24, 2.45) is 0 Å². The maximum absolute atomic E-state index is 12.5. The highest BCUT2D eigenvalue weighted by atomic mass is 32.2. The Morgan fingerprint density at radius 1 is 1.15 bits per heavy atom. The fraction of sp³-hybridized carbons (Fsp3) is 0.632. The van der Waals surface area contributed by atoms with Crippen LogP contribution < -0.4 is 10.1 Å². The number of amides is 1. The SMILES string of the molecule is CCN(CC)S(=O)(=O)c1ccc(O[C@@H](C)C(=O)NC2CCCCC2)cc1. The zero-order valence-corrected chi connectivity index (χ0v) is 16.7. The standard InChI is InChI=1S/C19H30N2O4S/c1-4-21(5-2)26(23,24)18-13-11-17(12-14-18)25-15(3)19(22)20-16-9-7-6-8-10-16/h11-16H,4-10H2,1-3H3,(H,20,22)/t15-/m0/s1. The predicted octanol–water partition coefficient (Wildman–Crippen LogP) is 2.93. The van der Waals surface area contributed by atoms with Crippen LogP contribution in [0.2, 0.25) is 0 Å². The molecule has 146 valence electrons. The number of rotatable bonds is 8. The van der Waals surface area contributed by atoms with Crippen molar-refractivity contribution in [1.29, 1.82) is 0 Å². The smallest absolute Gasteiger partial charge is 0.260 e. The van der Waals surface area contributed by atoms with E-state index in [1.54, 1.807) is 19.1 Å². The van der Waals surface area contributed by atoms with Crippen LogP contribution in [0.15, 0.2) is 29.2 Å². The first-order chi connectivity index (χ1) is 12.4. The van der Waals surface area contributed by atoms with Gasteiger partial charge in [0, 0.05) is 19.1 Å². The average molecular weight is 383 g/mol. The number of hydrogen-bond donors (Lipinski definition) is 1. The van der Waals surface area contributed by atoms with Crippen molar-refractivity contribution >= 4 is 15.9 Å². The van der Waals surface area contributed by atoms with E-state index in [-0.39, 0.29) is 16.8 Å². The summed E-state index contributed by atoms with van der Waals surface area (Å²) in [7, 11) is -3.48. The minimum Gasteiger partial charge on any atom is -0.481 e. The summed E-state index contributed by atoms with van der Waals surface area (Å²) < 4.78 is 32.0. The lowest BCUT2D eigenvalue weighted by molar-refractivity contribution is -0.128. The maximum atomic E-state index is 12.5. The highest BCUT2D eigenvalue weighted by Crippen LogP contribution is 2.21. The minimum absolute atomic E-state index is 0.128. The maximum Gasteiger partial charge on any atom is 0.260 e. The summed E-state index contributed by atoms with van der Waals surface area (Å²) in [5, 5.41) is 3.04. The number of carbonyl (C=O) groups is 1. The molecule has 0 aromatic heterocycles. The monoisotopic (exact) mass is 382 g/mol. The lowest BCUT2D eigenvalue weighted by Crippen LogP contribution is -2.43. The third-order valence-electron chi connectivity index (χ3n) is 4.80. The van der Waals surface area contributed by atoms with Gasteiger partial charge in [0.25, 0.3) is 5.91 Å². The summed E-state index contributed by atoms with van der Waals surface area (Å²) in [5.41, 5.74) is 0. The van der Waals surface area contributed by atoms with Crippen molar-refractivity contribution in [2.45, 2.75) is 69.9 Å². The number of benzene rings is 1. The normalized spacial score (nSPS) is 17.1. The lowest BCUT2D eigenvalue weighted by atomic mass is 9.95. The van der Waals surface area contributed by atoms with Gasteiger partial charge in [0.1, 0.15) is 5.75 Å². The number of ether oxygens (including phenoxy) is 1. The molecule has 1 amide bonds. The molecule has 1 fully saturated rings. The molecule has 7 heteroatoms. The highest BCUT2D eigenvalue weighted by molar-refractivity contribution is 7.89. The average Bonchev–Trinajstić information content (AvgIpc) is 2.63. The van der Waals surface area contributed by atoms with Crippen LogP contribution in [0.1, 0.15) is 52.9 Å². The molecule has 1 atom stereocenters. The van der Waals surface area contributed by atoms with Gasteiger partial charge < -0.3 is 10.1 Å². The summed E-state index contributed by atoms with van der Waals surface area (Å²) in [4.78, 5) is 12.5. The van der Waals surface area contributed by atoms with Gasteiger partial charge in [0.2, 0.25) is 10.0 Å². The third-order valence-corrected chi connectivity index (χ3v) is 6.86. The lowest BCUT2D eigenvalue weighted by Gasteiger charge is -2.24. The number of nitrogens with zero attached hydrogens (tertiary/aromatic N) is 1. The fourth-order valence-electron chi connectivity index (χ4n) is 3.23. The number of carbonyl (C=O) groups excluding carboxylic acids is 1. The van der Waals surface area contributed by atoms with Gasteiger partial charge in [0.15, 0.2) is 6.10 Å². The summed E-state index contributed by atoms with van der Waals surface area (Å²) in [6, 6.07) is 6.48. The zero-order valence-electron chi connectivity index (χ0n) is 15.9. The van der Waals surface area contributed by atoms with Crippen LogP contribution in [0, 0.1) is 0 Å². The molecule has 0 heterocycles. The molecule has 1 N–H and O–H groups in total. The molecule has 1 aliphatic rings. The van der Waals surface area contributed by atoms with Gasteiger partial charge in [-0.1, -0.05) is 33.1 Å². The summed E-state index contributed by atoms with van der Waals surface area (Å²) >= 11 is 0. The molecule has 0 bridgehead atoms. The first-order valence-corrected chi connectivity index (χ1v) is 10.9. The van der Waals surface area contributed by atoms with Crippen LogP contribution in [0.4, 0.5) is 0 Å². The first-order valence-electron chi connectivity index (χ1n) is 9.45. The van der Waals surface area contributed by atoms with E-state index in [1.165, 1.54) is 22.9 Å². The summed E-state index contributed by atoms with van der Waals surface area (Å²) in [6.45, 7) is 6.18. The molecule has 2 rings (SSSR count). The van der Waals surface area contributed by atoms with Crippen LogP contribution in [-0.4, -0.2) is 43.9 Å². The molecule has 1 saturated carbocycles. The van der Waals surface area contributed by atoms with Crippen LogP contribution in [0.3, 0.4) is 0 Å². The molecule has 26 heavy (non-hydrogen) atoms. The van der Waals surface area contributed by atoms with Crippen LogP contribution in [0.25, 0.3) is 0 Å². The Morgan fingerprint density at radius 3 is 2.27 bits per heavy atom. The van der Waals surface area contributed by atoms with E-state index in [1.807, 2.05) is 13.8 Å². The van der Waals surface area contributed by atoms with E-state index in [2.05, 4.69) is 5.32 Å². The summed E-state index contributed by atoms with van der Waals surface area (Å²) in [6.07, 6.45) is 4.97. The largest absolute Gasteiger partial charge is 0.481 e. The van der Waals surface area contributed by atoms with Crippen LogP contribution in [-0.2, 0) is 14.8 Å². The quantitative estimate of drug-likeness (QED) is 0.750. The molecule has 0 radical (unpaired) electrons. The zero-order chi connectivity index (χ0) is 19.2. The van der Waals surface area contributed by atoms with E-state index in [4.69, 9.17) is 4.74 Å². The van der Waals surface area contributed by atoms with Crippen molar-refractivity contribution in [2.75, 3.05) is 13.1 Å². The molecule has 1 aromatic carbocycles. The first kappa shape index (κ1) is 20.7. The second-order valence-electron chi connectivity index (χ2n) is 6.66. The molecule has 0 unspecified atom stereocenters. The molecule has 0 aliphatic heterocycles. The van der Waals surface area contributed by atoms with Gasteiger partial charge in [-0.15, -0.1) is 0 Å². The fourth-order valence-corrected chi connectivity index (χ4v) is 4.68. The van der Waals surface area contributed by atoms with Crippen molar-refractivity contribution in [1.82, 2.24) is 9.62 Å².